The topological polar surface area (TPSA) is 121 Å². The van der Waals surface area contributed by atoms with Crippen molar-refractivity contribution in [3.05, 3.63) is 46.1 Å². The molecule has 0 saturated heterocycles. The van der Waals surface area contributed by atoms with E-state index >= 15 is 0 Å². The molecule has 1 aromatic heterocycles. The average Bonchev–Trinajstić information content (AvgIpc) is 2.95. The molecular weight excluding hydrogens is 338 g/mol. The molecule has 1 heterocycles. The highest BCUT2D eigenvalue weighted by Gasteiger charge is 2.19. The summed E-state index contributed by atoms with van der Waals surface area (Å²) in [4.78, 5) is 37.6. The van der Waals surface area contributed by atoms with E-state index in [0.29, 0.717) is 0 Å². The summed E-state index contributed by atoms with van der Waals surface area (Å²) in [6, 6.07) is 6.04. The second-order valence-electron chi connectivity index (χ2n) is 4.73. The zero-order valence-electron chi connectivity index (χ0n) is 12.7. The molecule has 0 aliphatic heterocycles. The van der Waals surface area contributed by atoms with Crippen LogP contribution < -0.4 is 10.1 Å². The van der Waals surface area contributed by atoms with Crippen molar-refractivity contribution < 1.29 is 24.0 Å². The molecule has 0 unspecified atom stereocenters. The van der Waals surface area contributed by atoms with Crippen molar-refractivity contribution in [3.63, 3.8) is 0 Å². The molecule has 2 aromatic rings. The van der Waals surface area contributed by atoms with Crippen molar-refractivity contribution in [2.24, 2.45) is 0 Å². The number of anilines is 1. The first kappa shape index (κ1) is 17.3. The molecule has 0 atom stereocenters. The number of para-hydroxylation sites is 1. The highest BCUT2D eigenvalue weighted by Crippen LogP contribution is 2.26. The number of nitrogens with zero attached hydrogens (tertiary/aromatic N) is 2. The van der Waals surface area contributed by atoms with Crippen molar-refractivity contribution in [1.29, 1.82) is 0 Å². The van der Waals surface area contributed by atoms with Gasteiger partial charge in [0.15, 0.2) is 5.13 Å². The molecule has 0 spiro atoms. The molecule has 24 heavy (non-hydrogen) atoms. The Balaban J connectivity index is 2.14. The number of hydrogen-bond donors (Lipinski definition) is 1. The lowest BCUT2D eigenvalue weighted by Crippen LogP contribution is -2.18. The molecular formula is C14H13N3O6S. The summed E-state index contributed by atoms with van der Waals surface area (Å²) in [6.45, 7) is 3.32. The molecule has 9 nitrogen and oxygen atoms in total. The van der Waals surface area contributed by atoms with Gasteiger partial charge in [0.05, 0.1) is 16.6 Å². The first-order valence-electron chi connectivity index (χ1n) is 6.76. The van der Waals surface area contributed by atoms with E-state index < -0.39 is 17.0 Å². The summed E-state index contributed by atoms with van der Waals surface area (Å²) in [6.07, 6.45) is -0.257. The largest absolute Gasteiger partial charge is 0.514 e. The van der Waals surface area contributed by atoms with Crippen LogP contribution in [0.1, 0.15) is 24.2 Å². The van der Waals surface area contributed by atoms with Crippen LogP contribution in [0.3, 0.4) is 0 Å². The summed E-state index contributed by atoms with van der Waals surface area (Å²) in [5, 5.41) is 12.9. The number of nitrogens with one attached hydrogen (secondary N) is 1. The molecule has 0 fully saturated rings. The van der Waals surface area contributed by atoms with E-state index in [0.717, 1.165) is 17.5 Å². The van der Waals surface area contributed by atoms with Gasteiger partial charge < -0.3 is 9.47 Å². The zero-order chi connectivity index (χ0) is 17.7. The lowest BCUT2D eigenvalue weighted by atomic mass is 10.2. The van der Waals surface area contributed by atoms with Gasteiger partial charge in [-0.3, -0.25) is 20.2 Å². The fourth-order valence-corrected chi connectivity index (χ4v) is 2.25. The van der Waals surface area contributed by atoms with Gasteiger partial charge in [0.25, 0.3) is 5.91 Å². The van der Waals surface area contributed by atoms with Gasteiger partial charge in [-0.2, -0.15) is 0 Å². The Bertz CT molecular complexity index is 773. The van der Waals surface area contributed by atoms with E-state index in [1.165, 1.54) is 12.1 Å². The van der Waals surface area contributed by atoms with E-state index in [9.17, 15) is 19.7 Å². The quantitative estimate of drug-likeness (QED) is 0.380. The number of carbonyl (C=O) groups excluding carboxylic acids is 2. The smallest absolute Gasteiger partial charge is 0.431 e. The summed E-state index contributed by atoms with van der Waals surface area (Å²) in [5.41, 5.74) is 0.0658. The van der Waals surface area contributed by atoms with Crippen LogP contribution in [0.15, 0.2) is 30.5 Å². The zero-order valence-corrected chi connectivity index (χ0v) is 13.5. The lowest BCUT2D eigenvalue weighted by Gasteiger charge is -2.11. The van der Waals surface area contributed by atoms with E-state index in [2.05, 4.69) is 10.3 Å². The number of hydrogen-bond acceptors (Lipinski definition) is 8. The molecule has 0 radical (unpaired) electrons. The van der Waals surface area contributed by atoms with Crippen molar-refractivity contribution in [2.75, 3.05) is 5.32 Å². The number of aromatic nitrogens is 1. The van der Waals surface area contributed by atoms with Gasteiger partial charge in [0.2, 0.25) is 0 Å². The third-order valence-corrected chi connectivity index (χ3v) is 3.42. The molecule has 2 rings (SSSR count). The van der Waals surface area contributed by atoms with Crippen LogP contribution in [-0.2, 0) is 4.74 Å². The van der Waals surface area contributed by atoms with Gasteiger partial charge in [0.1, 0.15) is 11.9 Å². The molecule has 0 bridgehead atoms. The van der Waals surface area contributed by atoms with Gasteiger partial charge in [-0.05, 0) is 37.3 Å². The van der Waals surface area contributed by atoms with E-state index in [-0.39, 0.29) is 27.5 Å². The van der Waals surface area contributed by atoms with Gasteiger partial charge in [-0.15, -0.1) is 0 Å². The summed E-state index contributed by atoms with van der Waals surface area (Å²) >= 11 is 0.718. The van der Waals surface area contributed by atoms with Gasteiger partial charge in [-0.25, -0.2) is 9.78 Å². The molecule has 126 valence electrons. The minimum Gasteiger partial charge on any atom is -0.431 e. The predicted molar refractivity (Wildman–Crippen MR) is 85.4 cm³/mol. The minimum atomic E-state index is -0.935. The number of amides is 1. The van der Waals surface area contributed by atoms with Crippen LogP contribution in [0, 0.1) is 10.1 Å². The number of thiazole rings is 1. The van der Waals surface area contributed by atoms with Crippen LogP contribution in [0.25, 0.3) is 0 Å². The fourth-order valence-electron chi connectivity index (χ4n) is 1.62. The molecule has 10 heteroatoms. The number of rotatable bonds is 5. The van der Waals surface area contributed by atoms with Gasteiger partial charge in [0, 0.05) is 0 Å². The second-order valence-corrected chi connectivity index (χ2v) is 5.74. The third kappa shape index (κ3) is 4.49. The van der Waals surface area contributed by atoms with Crippen molar-refractivity contribution in [3.8, 4) is 5.75 Å². The Kier molecular flexibility index (Phi) is 5.42. The van der Waals surface area contributed by atoms with Crippen LogP contribution in [-0.4, -0.2) is 28.1 Å². The second kappa shape index (κ2) is 7.51. The van der Waals surface area contributed by atoms with Gasteiger partial charge >= 0.3 is 11.2 Å². The number of benzene rings is 1. The van der Waals surface area contributed by atoms with E-state index in [1.807, 2.05) is 0 Å². The van der Waals surface area contributed by atoms with Gasteiger partial charge in [-0.1, -0.05) is 12.1 Å². The van der Waals surface area contributed by atoms with Crippen molar-refractivity contribution in [1.82, 2.24) is 4.98 Å². The number of carbonyl (C=O) groups is 2. The van der Waals surface area contributed by atoms with Crippen molar-refractivity contribution in [2.45, 2.75) is 20.0 Å². The summed E-state index contributed by atoms with van der Waals surface area (Å²) < 4.78 is 9.87. The lowest BCUT2D eigenvalue weighted by molar-refractivity contribution is -0.380. The highest BCUT2D eigenvalue weighted by atomic mass is 32.1. The average molecular weight is 351 g/mol. The van der Waals surface area contributed by atoms with E-state index in [4.69, 9.17) is 9.47 Å². The number of nitro groups is 1. The Morgan fingerprint density at radius 3 is 2.67 bits per heavy atom. The van der Waals surface area contributed by atoms with E-state index in [1.54, 1.807) is 26.0 Å². The third-order valence-electron chi connectivity index (χ3n) is 2.55. The van der Waals surface area contributed by atoms with Crippen LogP contribution in [0.5, 0.6) is 5.75 Å². The SMILES string of the molecule is CC(C)OC(=O)Oc1ccccc1C(=O)Nc1ncc([N+](=O)[O-])s1. The Labute approximate surface area is 140 Å². The summed E-state index contributed by atoms with van der Waals surface area (Å²) in [5.74, 6) is -0.612. The van der Waals surface area contributed by atoms with Crippen LogP contribution in [0.4, 0.5) is 14.9 Å². The monoisotopic (exact) mass is 351 g/mol. The minimum absolute atomic E-state index is 0.00621. The maximum absolute atomic E-state index is 12.3. The molecule has 0 saturated carbocycles. The maximum atomic E-state index is 12.3. The first-order chi connectivity index (χ1) is 11.4. The Morgan fingerprint density at radius 2 is 2.04 bits per heavy atom. The Morgan fingerprint density at radius 1 is 1.33 bits per heavy atom. The Hall–Kier alpha value is -3.01. The standard InChI is InChI=1S/C14H13N3O6S/c1-8(2)22-14(19)23-10-6-4-3-5-9(10)12(18)16-13-15-7-11(24-13)17(20)21/h3-8H,1-2H3,(H,15,16,18). The van der Waals surface area contributed by atoms with Crippen LogP contribution in [0.2, 0.25) is 0 Å². The maximum Gasteiger partial charge on any atom is 0.514 e. The fraction of sp³-hybridized carbons (Fsp3) is 0.214. The number of ether oxygens (including phenoxy) is 2. The first-order valence-corrected chi connectivity index (χ1v) is 7.57. The highest BCUT2D eigenvalue weighted by molar-refractivity contribution is 7.18. The predicted octanol–water partition coefficient (Wildman–Crippen LogP) is 3.23. The normalized spacial score (nSPS) is 10.3. The molecule has 0 aliphatic carbocycles. The molecule has 1 amide bonds. The van der Waals surface area contributed by atoms with Crippen LogP contribution >= 0.6 is 11.3 Å². The van der Waals surface area contributed by atoms with Crippen molar-refractivity contribution >= 4 is 33.5 Å². The molecule has 1 N–H and O–H groups in total. The summed E-state index contributed by atoms with van der Waals surface area (Å²) in [7, 11) is 0. The molecule has 0 aliphatic rings. The molecule has 1 aromatic carbocycles.